The Morgan fingerprint density at radius 2 is 1.42 bits per heavy atom. The summed E-state index contributed by atoms with van der Waals surface area (Å²) < 4.78 is 10.7. The Bertz CT molecular complexity index is 2780. The first-order valence-corrected chi connectivity index (χ1v) is 24.0. The van der Waals surface area contributed by atoms with E-state index in [1.807, 2.05) is 0 Å². The Morgan fingerprint density at radius 1 is 0.776 bits per heavy atom. The van der Waals surface area contributed by atoms with Gasteiger partial charge in [-0.2, -0.15) is 0 Å². The number of carbonyl (C=O) groups excluding carboxylic acids is 7. The molecule has 0 radical (unpaired) electrons. The van der Waals surface area contributed by atoms with E-state index in [-0.39, 0.29) is 24.3 Å². The van der Waals surface area contributed by atoms with Gasteiger partial charge in [-0.1, -0.05) is 43.3 Å². The van der Waals surface area contributed by atoms with Crippen LogP contribution in [0.5, 0.6) is 11.5 Å². The van der Waals surface area contributed by atoms with Crippen LogP contribution in [0.25, 0.3) is 11.1 Å². The van der Waals surface area contributed by atoms with Crippen LogP contribution in [0.3, 0.4) is 0 Å². The van der Waals surface area contributed by atoms with E-state index in [9.17, 15) is 69.3 Å². The molecule has 3 aromatic carbocycles. The van der Waals surface area contributed by atoms with Crippen molar-refractivity contribution in [2.24, 2.45) is 5.92 Å². The maximum absolute atomic E-state index is 14.4. The predicted octanol–water partition coefficient (Wildman–Crippen LogP) is -3.41. The topological polar surface area (TPSA) is 346 Å². The number of amides is 7. The summed E-state index contributed by atoms with van der Waals surface area (Å²) in [7, 11) is 1.08. The van der Waals surface area contributed by atoms with Gasteiger partial charge in [0.2, 0.25) is 35.4 Å². The number of phenolic OH excluding ortho intramolecular Hbond substituents is 1. The van der Waals surface area contributed by atoms with Crippen LogP contribution < -0.4 is 31.3 Å². The number of phenols is 1. The quantitative estimate of drug-likeness (QED) is 0.0881. The zero-order valence-electron chi connectivity index (χ0n) is 41.5. The number of fused-ring (bicyclic) bond motifs is 2. The molecule has 76 heavy (non-hydrogen) atoms. The lowest BCUT2D eigenvalue weighted by Gasteiger charge is -2.32. The molecule has 12 N–H and O–H groups in total. The lowest BCUT2D eigenvalue weighted by Crippen LogP contribution is -2.63. The minimum absolute atomic E-state index is 0.0195. The minimum Gasteiger partial charge on any atom is -0.508 e. The van der Waals surface area contributed by atoms with Crippen LogP contribution in [-0.4, -0.2) is 187 Å². The molecule has 23 nitrogen and oxygen atoms in total. The van der Waals surface area contributed by atoms with Crippen molar-refractivity contribution in [1.82, 2.24) is 36.4 Å². The van der Waals surface area contributed by atoms with Gasteiger partial charge in [0, 0.05) is 62.8 Å². The standard InChI is InChI=1S/C53H59N7O16/c1-5-6-7-8-21-76-36-19-15-32(16-20-36)31-11-13-33(14-12-31)46(68)54-37-24-41(66)51(75-4)58-50(72)44-45(67)28(2)25-60(44)52(73)38(27-61)55-49(71)43(40(65)22-30-9-17-34(63)18-10-30)57-48(70)39-23-35(64)26-59(39)53(74)42(29(3)62)56-47(37)69/h1,9-20,28-29,35,37-45,51,61-67H,22-27H2,2-4H3,(H,54,68)(H,55,71)(H,56,69)(H,57,70)(H,58,72)/t28-,29+,35+,37?,38-,39-,40+,41?,42-,43-,44-,45-,51?/m0/s1. The first kappa shape index (κ1) is 57.2. The van der Waals surface area contributed by atoms with Crippen LogP contribution in [0.4, 0.5) is 0 Å². The van der Waals surface area contributed by atoms with E-state index in [4.69, 9.17) is 15.9 Å². The number of ether oxygens (including phenoxy) is 2. The van der Waals surface area contributed by atoms with Gasteiger partial charge in [-0.15, -0.1) is 6.42 Å². The molecular weight excluding hydrogens is 991 g/mol. The van der Waals surface area contributed by atoms with Gasteiger partial charge in [0.25, 0.3) is 5.91 Å². The molecule has 0 spiro atoms. The molecule has 3 aromatic rings. The summed E-state index contributed by atoms with van der Waals surface area (Å²) in [6, 6.07) is 7.50. The summed E-state index contributed by atoms with van der Waals surface area (Å²) in [6.07, 6.45) is -4.09. The molecule has 7 amide bonds. The molecule has 0 aliphatic carbocycles. The number of aliphatic hydroxyl groups is 6. The summed E-state index contributed by atoms with van der Waals surface area (Å²) in [5, 5.41) is 88.7. The number of hydrogen-bond acceptors (Lipinski definition) is 16. The highest BCUT2D eigenvalue weighted by atomic mass is 16.5. The first-order chi connectivity index (χ1) is 36.2. The van der Waals surface area contributed by atoms with Gasteiger partial charge in [-0.05, 0) is 71.9 Å². The number of aliphatic hydroxyl groups excluding tert-OH is 6. The Balaban J connectivity index is 1.34. The molecule has 3 aliphatic heterocycles. The van der Waals surface area contributed by atoms with Crippen molar-refractivity contribution in [3.63, 3.8) is 0 Å². The highest BCUT2D eigenvalue weighted by Crippen LogP contribution is 2.27. The smallest absolute Gasteiger partial charge is 0.251 e. The van der Waals surface area contributed by atoms with E-state index in [2.05, 4.69) is 56.4 Å². The number of rotatable bonds is 10. The molecule has 3 unspecified atom stereocenters. The molecule has 23 heteroatoms. The van der Waals surface area contributed by atoms with E-state index in [1.165, 1.54) is 43.3 Å². The van der Waals surface area contributed by atoms with Crippen molar-refractivity contribution in [3.05, 3.63) is 83.9 Å². The molecule has 3 fully saturated rings. The van der Waals surface area contributed by atoms with Crippen molar-refractivity contribution in [3.8, 4) is 58.8 Å². The largest absolute Gasteiger partial charge is 0.508 e. The maximum atomic E-state index is 14.4. The molecule has 13 atom stereocenters. The second kappa shape index (κ2) is 25.9. The van der Waals surface area contributed by atoms with Crippen LogP contribution in [0.15, 0.2) is 72.8 Å². The van der Waals surface area contributed by atoms with Gasteiger partial charge in [0.15, 0.2) is 6.23 Å². The average molecular weight is 1050 g/mol. The fraction of sp³-hybridized carbons (Fsp3) is 0.415. The lowest BCUT2D eigenvalue weighted by molar-refractivity contribution is -0.147. The third-order valence-corrected chi connectivity index (χ3v) is 13.1. The molecule has 0 aromatic heterocycles. The molecule has 3 saturated heterocycles. The van der Waals surface area contributed by atoms with E-state index in [1.54, 1.807) is 36.4 Å². The predicted molar refractivity (Wildman–Crippen MR) is 267 cm³/mol. The third-order valence-electron chi connectivity index (χ3n) is 13.1. The molecule has 6 rings (SSSR count). The number of carbonyl (C=O) groups is 7. The molecule has 3 aliphatic rings. The van der Waals surface area contributed by atoms with E-state index >= 15 is 0 Å². The Kier molecular flexibility index (Phi) is 19.5. The van der Waals surface area contributed by atoms with Crippen LogP contribution in [0, 0.1) is 42.1 Å². The number of benzene rings is 3. The zero-order chi connectivity index (χ0) is 55.4. The van der Waals surface area contributed by atoms with Crippen LogP contribution in [0.2, 0.25) is 0 Å². The van der Waals surface area contributed by atoms with Crippen molar-refractivity contribution in [1.29, 1.82) is 0 Å². The summed E-state index contributed by atoms with van der Waals surface area (Å²) in [4.78, 5) is 101. The SMILES string of the molecule is C#CC#CC#COc1ccc(-c2ccc(C(=O)NC3CC(O)C(OC)NC(=O)[C@@H]4[C@@H](O)[C@@H](C)CN4C(=O)[C@H](CO)NC(=O)[C@H]([C@H](O)Cc4ccc(O)cc4)NC(=O)[C@@H]4C[C@@H](O)CN4C(=O)[C@H]([C@@H](C)O)NC3=O)cc2)cc1. The van der Waals surface area contributed by atoms with Crippen molar-refractivity contribution in [2.45, 2.75) is 106 Å². The van der Waals surface area contributed by atoms with Gasteiger partial charge in [-0.3, -0.25) is 33.6 Å². The average Bonchev–Trinajstić information content (AvgIpc) is 3.95. The summed E-state index contributed by atoms with van der Waals surface area (Å²) >= 11 is 0. The van der Waals surface area contributed by atoms with Gasteiger partial charge < -0.3 is 81.6 Å². The summed E-state index contributed by atoms with van der Waals surface area (Å²) in [5.41, 5.74) is 1.77. The van der Waals surface area contributed by atoms with Gasteiger partial charge in [0.1, 0.15) is 60.0 Å². The summed E-state index contributed by atoms with van der Waals surface area (Å²) in [6.45, 7) is 0.757. The molecule has 3 heterocycles. The van der Waals surface area contributed by atoms with Crippen LogP contribution in [0.1, 0.15) is 42.6 Å². The normalized spacial score (nSPS) is 27.4. The molecular formula is C53H59N7O16. The zero-order valence-corrected chi connectivity index (χ0v) is 41.5. The van der Waals surface area contributed by atoms with Crippen LogP contribution in [-0.2, 0) is 39.9 Å². The number of nitrogens with zero attached hydrogens (tertiary/aromatic N) is 2. The van der Waals surface area contributed by atoms with E-state index in [0.29, 0.717) is 22.4 Å². The third kappa shape index (κ3) is 14.0. The van der Waals surface area contributed by atoms with Gasteiger partial charge in [-0.25, -0.2) is 0 Å². The monoisotopic (exact) mass is 1050 g/mol. The van der Waals surface area contributed by atoms with Gasteiger partial charge in [0.05, 0.1) is 31.0 Å². The number of methoxy groups -OCH3 is 1. The summed E-state index contributed by atoms with van der Waals surface area (Å²) in [5.74, 6) is 1.22. The van der Waals surface area contributed by atoms with E-state index < -0.39 is 146 Å². The fourth-order valence-electron chi connectivity index (χ4n) is 8.99. The molecule has 402 valence electrons. The second-order valence-corrected chi connectivity index (χ2v) is 18.5. The first-order valence-electron chi connectivity index (χ1n) is 24.0. The highest BCUT2D eigenvalue weighted by Gasteiger charge is 2.49. The Morgan fingerprint density at radius 3 is 2.04 bits per heavy atom. The minimum atomic E-state index is -1.95. The number of terminal acetylenes is 1. The van der Waals surface area contributed by atoms with Gasteiger partial charge >= 0.3 is 0 Å². The van der Waals surface area contributed by atoms with Crippen LogP contribution >= 0.6 is 0 Å². The van der Waals surface area contributed by atoms with E-state index in [0.717, 1.165) is 23.8 Å². The Labute approximate surface area is 436 Å². The fourth-order valence-corrected chi connectivity index (χ4v) is 8.99. The molecule has 0 bridgehead atoms. The number of nitrogens with one attached hydrogen (secondary N) is 5. The van der Waals surface area contributed by atoms with Crippen molar-refractivity contribution in [2.75, 3.05) is 26.8 Å². The number of hydrogen-bond donors (Lipinski definition) is 12. The van der Waals surface area contributed by atoms with Crippen molar-refractivity contribution >= 4 is 41.4 Å². The Hall–Kier alpha value is -8.05. The lowest BCUT2D eigenvalue weighted by atomic mass is 10.00. The maximum Gasteiger partial charge on any atom is 0.251 e. The second-order valence-electron chi connectivity index (χ2n) is 18.5. The highest BCUT2D eigenvalue weighted by molar-refractivity contribution is 6.00. The van der Waals surface area contributed by atoms with Crippen molar-refractivity contribution < 1.29 is 78.8 Å². The number of aromatic hydroxyl groups is 1. The molecule has 0 saturated carbocycles.